The quantitative estimate of drug-likeness (QED) is 0.753. The van der Waals surface area contributed by atoms with Gasteiger partial charge in [-0.25, -0.2) is 8.42 Å². The van der Waals surface area contributed by atoms with Gasteiger partial charge in [-0.15, -0.1) is 0 Å². The Hall–Kier alpha value is -2.45. The standard InChI is InChI=1S/C21H25N3O4S/c25-20-7-3-4-10-23(20)16-21(26)22-11-13-24(14-12-22)29(27,28)19-9-8-17-5-1-2-6-18(17)15-19/h3-4,7-10,15H,1-2,5-6,11-14,16H2. The fraction of sp³-hybridized carbons (Fsp3) is 0.429. The Morgan fingerprint density at radius 2 is 1.66 bits per heavy atom. The molecular formula is C21H25N3O4S. The van der Waals surface area contributed by atoms with Crippen LogP contribution >= 0.6 is 0 Å². The molecule has 1 aromatic heterocycles. The second-order valence-electron chi connectivity index (χ2n) is 7.59. The van der Waals surface area contributed by atoms with E-state index in [9.17, 15) is 18.0 Å². The van der Waals surface area contributed by atoms with Crippen LogP contribution in [0.5, 0.6) is 0 Å². The molecule has 2 aromatic rings. The molecule has 1 aliphatic heterocycles. The van der Waals surface area contributed by atoms with Crippen molar-refractivity contribution in [1.82, 2.24) is 13.8 Å². The van der Waals surface area contributed by atoms with Crippen LogP contribution in [0, 0.1) is 0 Å². The van der Waals surface area contributed by atoms with Crippen LogP contribution in [0.4, 0.5) is 0 Å². The van der Waals surface area contributed by atoms with Crippen molar-refractivity contribution in [2.24, 2.45) is 0 Å². The molecule has 2 heterocycles. The van der Waals surface area contributed by atoms with Crippen molar-refractivity contribution < 1.29 is 13.2 Å². The Labute approximate surface area is 170 Å². The molecule has 1 amide bonds. The van der Waals surface area contributed by atoms with Crippen molar-refractivity contribution >= 4 is 15.9 Å². The van der Waals surface area contributed by atoms with Crippen LogP contribution in [0.2, 0.25) is 0 Å². The summed E-state index contributed by atoms with van der Waals surface area (Å²) >= 11 is 0. The highest BCUT2D eigenvalue weighted by molar-refractivity contribution is 7.89. The van der Waals surface area contributed by atoms with E-state index < -0.39 is 10.0 Å². The average molecular weight is 416 g/mol. The number of rotatable bonds is 4. The lowest BCUT2D eigenvalue weighted by Gasteiger charge is -2.34. The van der Waals surface area contributed by atoms with Crippen molar-refractivity contribution in [2.45, 2.75) is 37.1 Å². The second-order valence-corrected chi connectivity index (χ2v) is 9.53. The van der Waals surface area contributed by atoms with Crippen molar-refractivity contribution in [1.29, 1.82) is 0 Å². The summed E-state index contributed by atoms with van der Waals surface area (Å²) in [6.07, 6.45) is 5.78. The fourth-order valence-electron chi connectivity index (χ4n) is 4.03. The molecule has 0 N–H and O–H groups in total. The predicted octanol–water partition coefficient (Wildman–Crippen LogP) is 1.26. The van der Waals surface area contributed by atoms with E-state index in [0.29, 0.717) is 18.0 Å². The minimum Gasteiger partial charge on any atom is -0.339 e. The highest BCUT2D eigenvalue weighted by atomic mass is 32.2. The molecule has 1 fully saturated rings. The third-order valence-corrected chi connectivity index (χ3v) is 7.65. The van der Waals surface area contributed by atoms with E-state index in [4.69, 9.17) is 0 Å². The van der Waals surface area contributed by atoms with Gasteiger partial charge in [0.15, 0.2) is 0 Å². The fourth-order valence-corrected chi connectivity index (χ4v) is 5.51. The average Bonchev–Trinajstić information content (AvgIpc) is 2.75. The number of benzene rings is 1. The van der Waals surface area contributed by atoms with E-state index in [0.717, 1.165) is 31.2 Å². The van der Waals surface area contributed by atoms with Gasteiger partial charge < -0.3 is 9.47 Å². The molecule has 0 unspecified atom stereocenters. The van der Waals surface area contributed by atoms with Gasteiger partial charge >= 0.3 is 0 Å². The normalized spacial score (nSPS) is 17.7. The number of amides is 1. The monoisotopic (exact) mass is 415 g/mol. The van der Waals surface area contributed by atoms with E-state index in [1.54, 1.807) is 29.3 Å². The minimum atomic E-state index is -3.57. The molecule has 4 rings (SSSR count). The summed E-state index contributed by atoms with van der Waals surface area (Å²) in [5.74, 6) is -0.177. The zero-order chi connectivity index (χ0) is 20.4. The van der Waals surface area contributed by atoms with E-state index in [-0.39, 0.29) is 31.1 Å². The summed E-state index contributed by atoms with van der Waals surface area (Å²) < 4.78 is 28.9. The van der Waals surface area contributed by atoms with Crippen LogP contribution in [0.25, 0.3) is 0 Å². The lowest BCUT2D eigenvalue weighted by atomic mass is 9.92. The summed E-state index contributed by atoms with van der Waals surface area (Å²) in [5, 5.41) is 0. The molecule has 154 valence electrons. The zero-order valence-electron chi connectivity index (χ0n) is 16.3. The number of aryl methyl sites for hydroxylation is 2. The Bertz CT molecular complexity index is 1070. The largest absolute Gasteiger partial charge is 0.339 e. The van der Waals surface area contributed by atoms with Gasteiger partial charge in [0.05, 0.1) is 4.90 Å². The van der Waals surface area contributed by atoms with Crippen LogP contribution < -0.4 is 5.56 Å². The van der Waals surface area contributed by atoms with Gasteiger partial charge in [-0.05, 0) is 55.0 Å². The Morgan fingerprint density at radius 1 is 0.931 bits per heavy atom. The highest BCUT2D eigenvalue weighted by Crippen LogP contribution is 2.26. The molecule has 0 bridgehead atoms. The Kier molecular flexibility index (Phi) is 5.56. The number of carbonyl (C=O) groups is 1. The van der Waals surface area contributed by atoms with Gasteiger partial charge in [-0.2, -0.15) is 4.31 Å². The van der Waals surface area contributed by atoms with Crippen molar-refractivity contribution in [3.05, 3.63) is 64.1 Å². The number of piperazine rings is 1. The maximum absolute atomic E-state index is 13.1. The first-order valence-electron chi connectivity index (χ1n) is 10.0. The zero-order valence-corrected chi connectivity index (χ0v) is 17.1. The van der Waals surface area contributed by atoms with E-state index >= 15 is 0 Å². The molecule has 7 nitrogen and oxygen atoms in total. The topological polar surface area (TPSA) is 79.7 Å². The van der Waals surface area contributed by atoms with Crippen LogP contribution in [0.15, 0.2) is 52.3 Å². The first kappa shape index (κ1) is 19.8. The Balaban J connectivity index is 1.41. The molecule has 1 aliphatic carbocycles. The van der Waals surface area contributed by atoms with Crippen LogP contribution in [-0.4, -0.2) is 54.3 Å². The lowest BCUT2D eigenvalue weighted by molar-refractivity contribution is -0.133. The van der Waals surface area contributed by atoms with E-state index in [2.05, 4.69) is 0 Å². The summed E-state index contributed by atoms with van der Waals surface area (Å²) in [6.45, 7) is 1.14. The van der Waals surface area contributed by atoms with Gasteiger partial charge in [-0.3, -0.25) is 9.59 Å². The molecule has 0 atom stereocenters. The molecule has 1 aromatic carbocycles. The third kappa shape index (κ3) is 4.13. The number of sulfonamides is 1. The predicted molar refractivity (Wildman–Crippen MR) is 109 cm³/mol. The third-order valence-electron chi connectivity index (χ3n) is 5.75. The van der Waals surface area contributed by atoms with Crippen molar-refractivity contribution in [3.8, 4) is 0 Å². The molecule has 1 saturated heterocycles. The number of hydrogen-bond donors (Lipinski definition) is 0. The number of fused-ring (bicyclic) bond motifs is 1. The molecule has 29 heavy (non-hydrogen) atoms. The smallest absolute Gasteiger partial charge is 0.250 e. The molecule has 8 heteroatoms. The SMILES string of the molecule is O=C(Cn1ccccc1=O)N1CCN(S(=O)(=O)c2ccc3c(c2)CCCC3)CC1. The second kappa shape index (κ2) is 8.12. The van der Waals surface area contributed by atoms with Gasteiger partial charge in [-0.1, -0.05) is 12.1 Å². The maximum atomic E-state index is 13.1. The van der Waals surface area contributed by atoms with Crippen LogP contribution in [0.3, 0.4) is 0 Å². The summed E-state index contributed by atoms with van der Waals surface area (Å²) in [6, 6.07) is 10.2. The van der Waals surface area contributed by atoms with Gasteiger partial charge in [0, 0.05) is 38.4 Å². The summed E-state index contributed by atoms with van der Waals surface area (Å²) in [4.78, 5) is 26.3. The minimum absolute atomic E-state index is 0.0305. The number of nitrogens with zero attached hydrogens (tertiary/aromatic N) is 3. The van der Waals surface area contributed by atoms with Gasteiger partial charge in [0.25, 0.3) is 5.56 Å². The molecule has 2 aliphatic rings. The molecular weight excluding hydrogens is 390 g/mol. The number of carbonyl (C=O) groups excluding carboxylic acids is 1. The van der Waals surface area contributed by atoms with Gasteiger partial charge in [0.2, 0.25) is 15.9 Å². The van der Waals surface area contributed by atoms with E-state index in [1.807, 2.05) is 12.1 Å². The number of hydrogen-bond acceptors (Lipinski definition) is 4. The highest BCUT2D eigenvalue weighted by Gasteiger charge is 2.30. The molecule has 0 spiro atoms. The summed E-state index contributed by atoms with van der Waals surface area (Å²) in [5.41, 5.74) is 2.16. The summed E-state index contributed by atoms with van der Waals surface area (Å²) in [7, 11) is -3.57. The van der Waals surface area contributed by atoms with Gasteiger partial charge in [0.1, 0.15) is 6.54 Å². The van der Waals surface area contributed by atoms with Crippen molar-refractivity contribution in [3.63, 3.8) is 0 Å². The molecule has 0 radical (unpaired) electrons. The number of aromatic nitrogens is 1. The Morgan fingerprint density at radius 3 is 2.38 bits per heavy atom. The number of pyridine rings is 1. The first-order chi connectivity index (χ1) is 13.9. The maximum Gasteiger partial charge on any atom is 0.250 e. The van der Waals surface area contributed by atoms with Crippen LogP contribution in [-0.2, 0) is 34.2 Å². The molecule has 0 saturated carbocycles. The van der Waals surface area contributed by atoms with Crippen molar-refractivity contribution in [2.75, 3.05) is 26.2 Å². The van der Waals surface area contributed by atoms with E-state index in [1.165, 1.54) is 20.5 Å². The first-order valence-corrected chi connectivity index (χ1v) is 11.4. The lowest BCUT2D eigenvalue weighted by Crippen LogP contribution is -2.51. The van der Waals surface area contributed by atoms with Crippen LogP contribution in [0.1, 0.15) is 24.0 Å².